The summed E-state index contributed by atoms with van der Waals surface area (Å²) < 4.78 is 18.8. The van der Waals surface area contributed by atoms with Crippen LogP contribution in [0.5, 0.6) is 5.75 Å². The lowest BCUT2D eigenvalue weighted by Gasteiger charge is -2.35. The minimum Gasteiger partial charge on any atom is -0.496 e. The van der Waals surface area contributed by atoms with Crippen LogP contribution in [0.25, 0.3) is 6.08 Å². The van der Waals surface area contributed by atoms with Crippen LogP contribution in [0, 0.1) is 5.82 Å². The van der Waals surface area contributed by atoms with Gasteiger partial charge in [-0.1, -0.05) is 30.3 Å². The molecule has 1 N–H and O–H groups in total. The van der Waals surface area contributed by atoms with Crippen LogP contribution in [0.3, 0.4) is 0 Å². The van der Waals surface area contributed by atoms with Gasteiger partial charge in [0, 0.05) is 44.4 Å². The fourth-order valence-electron chi connectivity index (χ4n) is 3.34. The van der Waals surface area contributed by atoms with Crippen molar-refractivity contribution in [2.75, 3.05) is 39.8 Å². The summed E-state index contributed by atoms with van der Waals surface area (Å²) in [5, 5.41) is 2.63. The van der Waals surface area contributed by atoms with Crippen molar-refractivity contribution in [1.82, 2.24) is 15.1 Å². The van der Waals surface area contributed by atoms with Crippen LogP contribution in [0.15, 0.2) is 54.6 Å². The van der Waals surface area contributed by atoms with E-state index in [9.17, 15) is 14.0 Å². The third-order valence-corrected chi connectivity index (χ3v) is 5.00. The molecule has 6 nitrogen and oxygen atoms in total. The van der Waals surface area contributed by atoms with Gasteiger partial charge in [0.2, 0.25) is 11.8 Å². The van der Waals surface area contributed by atoms with Gasteiger partial charge >= 0.3 is 0 Å². The summed E-state index contributed by atoms with van der Waals surface area (Å²) in [5.41, 5.74) is 1.71. The number of methoxy groups -OCH3 is 1. The van der Waals surface area contributed by atoms with Crippen LogP contribution in [-0.4, -0.2) is 61.4 Å². The molecule has 0 unspecified atom stereocenters. The van der Waals surface area contributed by atoms with E-state index in [4.69, 9.17) is 4.74 Å². The standard InChI is InChI=1S/C23H26FN3O3/c1-30-21-9-8-20(24)15-19(21)17-26-11-13-27(14-12-26)23(29)16-25-22(28)10-7-18-5-3-2-4-6-18/h2-10,15H,11-14,16-17H2,1H3,(H,25,28)/b10-7+. The van der Waals surface area contributed by atoms with Gasteiger partial charge in [-0.3, -0.25) is 14.5 Å². The molecule has 0 radical (unpaired) electrons. The normalized spacial score (nSPS) is 14.7. The van der Waals surface area contributed by atoms with Crippen LogP contribution in [0.4, 0.5) is 4.39 Å². The maximum absolute atomic E-state index is 13.5. The summed E-state index contributed by atoms with van der Waals surface area (Å²) in [5.74, 6) is -0.0543. The molecule has 30 heavy (non-hydrogen) atoms. The Kier molecular flexibility index (Phi) is 7.57. The van der Waals surface area contributed by atoms with Crippen LogP contribution >= 0.6 is 0 Å². The maximum atomic E-state index is 13.5. The Balaban J connectivity index is 1.42. The highest BCUT2D eigenvalue weighted by molar-refractivity contribution is 5.94. The topological polar surface area (TPSA) is 61.9 Å². The molecule has 1 fully saturated rings. The molecule has 0 saturated carbocycles. The highest BCUT2D eigenvalue weighted by Gasteiger charge is 2.22. The zero-order valence-electron chi connectivity index (χ0n) is 17.0. The van der Waals surface area contributed by atoms with Crippen molar-refractivity contribution in [2.24, 2.45) is 0 Å². The van der Waals surface area contributed by atoms with Gasteiger partial charge in [0.1, 0.15) is 11.6 Å². The molecular weight excluding hydrogens is 385 g/mol. The number of nitrogens with zero attached hydrogens (tertiary/aromatic N) is 2. The lowest BCUT2D eigenvalue weighted by atomic mass is 10.1. The Labute approximate surface area is 175 Å². The van der Waals surface area contributed by atoms with Crippen molar-refractivity contribution in [3.63, 3.8) is 0 Å². The van der Waals surface area contributed by atoms with Crippen molar-refractivity contribution >= 4 is 17.9 Å². The molecule has 2 aromatic rings. The first-order valence-electron chi connectivity index (χ1n) is 9.88. The van der Waals surface area contributed by atoms with Crippen LogP contribution in [0.2, 0.25) is 0 Å². The number of piperazine rings is 1. The maximum Gasteiger partial charge on any atom is 0.244 e. The molecule has 1 aliphatic heterocycles. The first-order valence-corrected chi connectivity index (χ1v) is 9.88. The quantitative estimate of drug-likeness (QED) is 0.711. The third-order valence-electron chi connectivity index (χ3n) is 5.00. The first-order chi connectivity index (χ1) is 14.5. The van der Waals surface area contributed by atoms with Gasteiger partial charge in [0.15, 0.2) is 0 Å². The van der Waals surface area contributed by atoms with Crippen molar-refractivity contribution < 1.29 is 18.7 Å². The zero-order chi connectivity index (χ0) is 21.3. The van der Waals surface area contributed by atoms with Gasteiger partial charge < -0.3 is 15.0 Å². The molecule has 1 heterocycles. The fraction of sp³-hybridized carbons (Fsp3) is 0.304. The van der Waals surface area contributed by atoms with Crippen molar-refractivity contribution in [2.45, 2.75) is 6.54 Å². The Morgan fingerprint density at radius 2 is 1.83 bits per heavy atom. The Morgan fingerprint density at radius 3 is 2.53 bits per heavy atom. The predicted molar refractivity (Wildman–Crippen MR) is 113 cm³/mol. The number of amides is 2. The number of rotatable bonds is 7. The number of nitrogens with one attached hydrogen (secondary N) is 1. The molecule has 7 heteroatoms. The van der Waals surface area contributed by atoms with Gasteiger partial charge in [0.25, 0.3) is 0 Å². The molecule has 2 aromatic carbocycles. The molecule has 0 bridgehead atoms. The summed E-state index contributed by atoms with van der Waals surface area (Å²) >= 11 is 0. The van der Waals surface area contributed by atoms with E-state index in [1.54, 1.807) is 24.2 Å². The van der Waals surface area contributed by atoms with E-state index in [1.807, 2.05) is 30.3 Å². The Morgan fingerprint density at radius 1 is 1.10 bits per heavy atom. The summed E-state index contributed by atoms with van der Waals surface area (Å²) in [6.45, 7) is 3.00. The molecule has 1 aliphatic rings. The van der Waals surface area contributed by atoms with Gasteiger partial charge in [-0.05, 0) is 29.8 Å². The van der Waals surface area contributed by atoms with E-state index in [0.29, 0.717) is 38.5 Å². The highest BCUT2D eigenvalue weighted by atomic mass is 19.1. The summed E-state index contributed by atoms with van der Waals surface area (Å²) in [6.07, 6.45) is 3.13. The van der Waals surface area contributed by atoms with Crippen LogP contribution in [-0.2, 0) is 16.1 Å². The minimum atomic E-state index is -0.302. The van der Waals surface area contributed by atoms with Gasteiger partial charge in [-0.2, -0.15) is 0 Å². The number of halogens is 1. The summed E-state index contributed by atoms with van der Waals surface area (Å²) in [6, 6.07) is 14.0. The number of ether oxygens (including phenoxy) is 1. The van der Waals surface area contributed by atoms with Gasteiger partial charge in [0.05, 0.1) is 13.7 Å². The van der Waals surface area contributed by atoms with E-state index < -0.39 is 0 Å². The Bertz CT molecular complexity index is 894. The molecule has 0 atom stereocenters. The number of carbonyl (C=O) groups excluding carboxylic acids is 2. The monoisotopic (exact) mass is 411 g/mol. The molecule has 1 saturated heterocycles. The van der Waals surface area contributed by atoms with Crippen molar-refractivity contribution in [3.8, 4) is 5.75 Å². The number of hydrogen-bond acceptors (Lipinski definition) is 4. The second kappa shape index (κ2) is 10.5. The van der Waals surface area contributed by atoms with E-state index in [2.05, 4.69) is 10.2 Å². The number of carbonyl (C=O) groups is 2. The minimum absolute atomic E-state index is 0.0321. The predicted octanol–water partition coefficient (Wildman–Crippen LogP) is 2.31. The lowest BCUT2D eigenvalue weighted by molar-refractivity contribution is -0.133. The highest BCUT2D eigenvalue weighted by Crippen LogP contribution is 2.21. The fourth-order valence-corrected chi connectivity index (χ4v) is 3.34. The molecule has 158 valence electrons. The zero-order valence-corrected chi connectivity index (χ0v) is 17.0. The average molecular weight is 411 g/mol. The van der Waals surface area contributed by atoms with Gasteiger partial charge in [-0.15, -0.1) is 0 Å². The molecule has 3 rings (SSSR count). The van der Waals surface area contributed by atoms with Crippen molar-refractivity contribution in [1.29, 1.82) is 0 Å². The molecule has 0 aliphatic carbocycles. The van der Waals surface area contributed by atoms with Crippen LogP contribution in [0.1, 0.15) is 11.1 Å². The molecule has 2 amide bonds. The van der Waals surface area contributed by atoms with Crippen molar-refractivity contribution in [3.05, 3.63) is 71.6 Å². The average Bonchev–Trinajstić information content (AvgIpc) is 2.77. The SMILES string of the molecule is COc1ccc(F)cc1CN1CCN(C(=O)CNC(=O)/C=C/c2ccccc2)CC1. The molecular formula is C23H26FN3O3. The third kappa shape index (κ3) is 6.15. The van der Waals surface area contributed by atoms with E-state index in [0.717, 1.165) is 11.1 Å². The van der Waals surface area contributed by atoms with Crippen LogP contribution < -0.4 is 10.1 Å². The largest absolute Gasteiger partial charge is 0.496 e. The Hall–Kier alpha value is -3.19. The summed E-state index contributed by atoms with van der Waals surface area (Å²) in [4.78, 5) is 28.2. The second-order valence-electron chi connectivity index (χ2n) is 7.07. The van der Waals surface area contributed by atoms with E-state index in [-0.39, 0.29) is 24.2 Å². The molecule has 0 aromatic heterocycles. The number of benzene rings is 2. The second-order valence-corrected chi connectivity index (χ2v) is 7.07. The number of hydrogen-bond donors (Lipinski definition) is 1. The van der Waals surface area contributed by atoms with E-state index in [1.165, 1.54) is 18.2 Å². The molecule has 0 spiro atoms. The smallest absolute Gasteiger partial charge is 0.244 e. The van der Waals surface area contributed by atoms with E-state index >= 15 is 0 Å². The lowest BCUT2D eigenvalue weighted by Crippen LogP contribution is -2.50. The first kappa shape index (κ1) is 21.5. The van der Waals surface area contributed by atoms with Gasteiger partial charge in [-0.25, -0.2) is 4.39 Å². The summed E-state index contributed by atoms with van der Waals surface area (Å²) in [7, 11) is 1.57.